The number of rotatable bonds is 5. The fraction of sp³-hybridized carbons (Fsp3) is 0.455. The third-order valence-electron chi connectivity index (χ3n) is 2.02. The molecule has 0 aliphatic heterocycles. The fourth-order valence-electron chi connectivity index (χ4n) is 1.26. The fourth-order valence-corrected chi connectivity index (χ4v) is 1.26. The summed E-state index contributed by atoms with van der Waals surface area (Å²) in [7, 11) is 0. The van der Waals surface area contributed by atoms with E-state index < -0.39 is 6.17 Å². The van der Waals surface area contributed by atoms with Crippen molar-refractivity contribution in [3.63, 3.8) is 0 Å². The SMILES string of the molecule is OC[C@H](F)CCCc1ccccc1. The van der Waals surface area contributed by atoms with Crippen LogP contribution in [0.2, 0.25) is 0 Å². The van der Waals surface area contributed by atoms with Gasteiger partial charge >= 0.3 is 0 Å². The van der Waals surface area contributed by atoms with Crippen molar-refractivity contribution in [1.29, 1.82) is 0 Å². The molecule has 0 saturated carbocycles. The first-order valence-corrected chi connectivity index (χ1v) is 4.62. The van der Waals surface area contributed by atoms with Crippen LogP contribution in [0.3, 0.4) is 0 Å². The third kappa shape index (κ3) is 4.04. The summed E-state index contributed by atoms with van der Waals surface area (Å²) in [5.41, 5.74) is 1.23. The van der Waals surface area contributed by atoms with Gasteiger partial charge in [-0.3, -0.25) is 0 Å². The summed E-state index contributed by atoms with van der Waals surface area (Å²) in [5.74, 6) is 0. The Morgan fingerprint density at radius 2 is 1.92 bits per heavy atom. The van der Waals surface area contributed by atoms with Crippen molar-refractivity contribution in [2.24, 2.45) is 0 Å². The lowest BCUT2D eigenvalue weighted by molar-refractivity contribution is 0.168. The van der Waals surface area contributed by atoms with Crippen LogP contribution in [0.15, 0.2) is 30.3 Å². The van der Waals surface area contributed by atoms with Crippen LogP contribution >= 0.6 is 0 Å². The van der Waals surface area contributed by atoms with Crippen LogP contribution in [0.25, 0.3) is 0 Å². The summed E-state index contributed by atoms with van der Waals surface area (Å²) in [6.07, 6.45) is 1.09. The van der Waals surface area contributed by atoms with Crippen LogP contribution in [0.1, 0.15) is 18.4 Å². The quantitative estimate of drug-likeness (QED) is 0.741. The van der Waals surface area contributed by atoms with Gasteiger partial charge in [-0.25, -0.2) is 4.39 Å². The monoisotopic (exact) mass is 182 g/mol. The highest BCUT2D eigenvalue weighted by Gasteiger charge is 2.03. The number of alkyl halides is 1. The molecule has 0 aromatic heterocycles. The number of benzene rings is 1. The van der Waals surface area contributed by atoms with Gasteiger partial charge in [0, 0.05) is 0 Å². The molecular formula is C11H15FO. The number of hydrogen-bond donors (Lipinski definition) is 1. The number of aryl methyl sites for hydroxylation is 1. The summed E-state index contributed by atoms with van der Waals surface area (Å²) in [6, 6.07) is 10.00. The topological polar surface area (TPSA) is 20.2 Å². The van der Waals surface area contributed by atoms with E-state index in [0.717, 1.165) is 12.8 Å². The molecule has 2 heteroatoms. The number of aliphatic hydroxyl groups is 1. The first-order chi connectivity index (χ1) is 6.33. The van der Waals surface area contributed by atoms with Crippen molar-refractivity contribution in [3.05, 3.63) is 35.9 Å². The van der Waals surface area contributed by atoms with E-state index in [9.17, 15) is 4.39 Å². The van der Waals surface area contributed by atoms with Gasteiger partial charge in [-0.05, 0) is 24.8 Å². The van der Waals surface area contributed by atoms with Crippen LogP contribution in [0.4, 0.5) is 4.39 Å². The summed E-state index contributed by atoms with van der Waals surface area (Å²) in [6.45, 7) is -0.352. The van der Waals surface area contributed by atoms with Crippen LogP contribution in [-0.4, -0.2) is 17.9 Å². The zero-order valence-corrected chi connectivity index (χ0v) is 7.62. The van der Waals surface area contributed by atoms with Gasteiger partial charge in [0.1, 0.15) is 6.17 Å². The van der Waals surface area contributed by atoms with Gasteiger partial charge in [0.2, 0.25) is 0 Å². The smallest absolute Gasteiger partial charge is 0.123 e. The lowest BCUT2D eigenvalue weighted by Crippen LogP contribution is -2.05. The van der Waals surface area contributed by atoms with E-state index in [-0.39, 0.29) is 6.61 Å². The molecule has 0 amide bonds. The Kier molecular flexibility index (Phi) is 4.47. The molecule has 13 heavy (non-hydrogen) atoms. The van der Waals surface area contributed by atoms with Crippen LogP contribution in [0, 0.1) is 0 Å². The Balaban J connectivity index is 2.20. The molecule has 0 unspecified atom stereocenters. The second-order valence-electron chi connectivity index (χ2n) is 3.16. The van der Waals surface area contributed by atoms with Crippen molar-refractivity contribution >= 4 is 0 Å². The molecule has 0 fully saturated rings. The molecule has 72 valence electrons. The highest BCUT2D eigenvalue weighted by Crippen LogP contribution is 2.07. The van der Waals surface area contributed by atoms with E-state index in [1.165, 1.54) is 5.56 Å². The minimum atomic E-state index is -1.05. The molecule has 1 aromatic rings. The molecule has 0 heterocycles. The molecule has 0 aliphatic carbocycles. The van der Waals surface area contributed by atoms with Crippen molar-refractivity contribution in [1.82, 2.24) is 0 Å². The maximum atomic E-state index is 12.6. The van der Waals surface area contributed by atoms with Gasteiger partial charge in [0.15, 0.2) is 0 Å². The molecule has 1 rings (SSSR count). The van der Waals surface area contributed by atoms with E-state index >= 15 is 0 Å². The van der Waals surface area contributed by atoms with Gasteiger partial charge in [0.25, 0.3) is 0 Å². The van der Waals surface area contributed by atoms with Gasteiger partial charge in [-0.1, -0.05) is 30.3 Å². The van der Waals surface area contributed by atoms with Gasteiger partial charge in [0.05, 0.1) is 6.61 Å². The van der Waals surface area contributed by atoms with E-state index in [1.807, 2.05) is 30.3 Å². The Bertz CT molecular complexity index is 223. The minimum absolute atomic E-state index is 0.352. The van der Waals surface area contributed by atoms with Crippen molar-refractivity contribution in [3.8, 4) is 0 Å². The first kappa shape index (κ1) is 10.2. The third-order valence-corrected chi connectivity index (χ3v) is 2.02. The molecule has 1 nitrogen and oxygen atoms in total. The summed E-state index contributed by atoms with van der Waals surface area (Å²) < 4.78 is 12.6. The lowest BCUT2D eigenvalue weighted by Gasteiger charge is -2.03. The van der Waals surface area contributed by atoms with E-state index in [1.54, 1.807) is 0 Å². The Morgan fingerprint density at radius 1 is 1.23 bits per heavy atom. The Labute approximate surface area is 78.2 Å². The summed E-state index contributed by atoms with van der Waals surface area (Å²) >= 11 is 0. The highest BCUT2D eigenvalue weighted by molar-refractivity contribution is 5.14. The Morgan fingerprint density at radius 3 is 2.54 bits per heavy atom. The maximum Gasteiger partial charge on any atom is 0.123 e. The van der Waals surface area contributed by atoms with Gasteiger partial charge in [-0.15, -0.1) is 0 Å². The van der Waals surface area contributed by atoms with Crippen LogP contribution in [-0.2, 0) is 6.42 Å². The molecule has 0 radical (unpaired) electrons. The molecule has 0 saturated heterocycles. The Hall–Kier alpha value is -0.890. The number of halogens is 1. The molecule has 0 bridgehead atoms. The predicted octanol–water partition coefficient (Wildman–Crippen LogP) is 2.34. The van der Waals surface area contributed by atoms with E-state index in [0.29, 0.717) is 6.42 Å². The summed E-state index contributed by atoms with van der Waals surface area (Å²) in [5, 5.41) is 8.46. The molecule has 1 atom stereocenters. The predicted molar refractivity (Wildman–Crippen MR) is 51.4 cm³/mol. The van der Waals surface area contributed by atoms with E-state index in [4.69, 9.17) is 5.11 Å². The molecule has 1 aromatic carbocycles. The zero-order chi connectivity index (χ0) is 9.52. The zero-order valence-electron chi connectivity index (χ0n) is 7.62. The van der Waals surface area contributed by atoms with E-state index in [2.05, 4.69) is 0 Å². The first-order valence-electron chi connectivity index (χ1n) is 4.62. The number of aliphatic hydroxyl groups excluding tert-OH is 1. The van der Waals surface area contributed by atoms with Gasteiger partial charge < -0.3 is 5.11 Å². The molecule has 0 spiro atoms. The highest BCUT2D eigenvalue weighted by atomic mass is 19.1. The van der Waals surface area contributed by atoms with Crippen molar-refractivity contribution < 1.29 is 9.50 Å². The maximum absolute atomic E-state index is 12.6. The second-order valence-corrected chi connectivity index (χ2v) is 3.16. The lowest BCUT2D eigenvalue weighted by atomic mass is 10.1. The van der Waals surface area contributed by atoms with Crippen molar-refractivity contribution in [2.75, 3.05) is 6.61 Å². The normalized spacial score (nSPS) is 12.8. The molecular weight excluding hydrogens is 167 g/mol. The second kappa shape index (κ2) is 5.70. The molecule has 0 aliphatic rings. The van der Waals surface area contributed by atoms with Crippen LogP contribution in [0.5, 0.6) is 0 Å². The standard InChI is InChI=1S/C11H15FO/c12-11(9-13)8-4-7-10-5-2-1-3-6-10/h1-3,5-6,11,13H,4,7-9H2/t11-/m1/s1. The largest absolute Gasteiger partial charge is 0.393 e. The number of hydrogen-bond acceptors (Lipinski definition) is 1. The van der Waals surface area contributed by atoms with Crippen molar-refractivity contribution in [2.45, 2.75) is 25.4 Å². The average Bonchev–Trinajstić information content (AvgIpc) is 2.19. The molecule has 1 N–H and O–H groups in total. The minimum Gasteiger partial charge on any atom is -0.393 e. The summed E-state index contributed by atoms with van der Waals surface area (Å²) in [4.78, 5) is 0. The van der Waals surface area contributed by atoms with Gasteiger partial charge in [-0.2, -0.15) is 0 Å². The van der Waals surface area contributed by atoms with Crippen LogP contribution < -0.4 is 0 Å². The average molecular weight is 182 g/mol.